The first kappa shape index (κ1) is 26.8. The topological polar surface area (TPSA) is 127 Å². The molecule has 3 rings (SSSR count). The number of hydrogen-bond acceptors (Lipinski definition) is 7. The van der Waals surface area contributed by atoms with Crippen molar-refractivity contribution in [1.82, 2.24) is 21.3 Å². The number of ether oxygens (including phenoxy) is 3. The summed E-state index contributed by atoms with van der Waals surface area (Å²) in [4.78, 5) is 37.5. The van der Waals surface area contributed by atoms with E-state index in [9.17, 15) is 14.4 Å². The highest BCUT2D eigenvalue weighted by molar-refractivity contribution is 5.89. The molecule has 194 valence electrons. The lowest BCUT2D eigenvalue weighted by Crippen LogP contribution is -2.56. The Bertz CT molecular complexity index is 1080. The van der Waals surface area contributed by atoms with E-state index in [-0.39, 0.29) is 18.4 Å². The highest BCUT2D eigenvalue weighted by Crippen LogP contribution is 2.37. The quantitative estimate of drug-likeness (QED) is 0.415. The van der Waals surface area contributed by atoms with Gasteiger partial charge in [-0.2, -0.15) is 0 Å². The molecule has 0 aliphatic carbocycles. The molecular formula is C26H34N4O6. The van der Waals surface area contributed by atoms with Crippen molar-refractivity contribution in [3.05, 3.63) is 59.2 Å². The van der Waals surface area contributed by atoms with E-state index in [1.165, 1.54) is 7.05 Å². The van der Waals surface area contributed by atoms with Crippen molar-refractivity contribution in [2.75, 3.05) is 21.3 Å². The predicted octanol–water partition coefficient (Wildman–Crippen LogP) is 1.82. The summed E-state index contributed by atoms with van der Waals surface area (Å²) in [6.07, 6.45) is -0.209. The van der Waals surface area contributed by atoms with Crippen molar-refractivity contribution in [3.8, 4) is 11.5 Å². The molecular weight excluding hydrogens is 464 g/mol. The third-order valence-corrected chi connectivity index (χ3v) is 6.16. The lowest BCUT2D eigenvalue weighted by Gasteiger charge is -2.36. The van der Waals surface area contributed by atoms with Crippen molar-refractivity contribution in [3.63, 3.8) is 0 Å². The van der Waals surface area contributed by atoms with E-state index >= 15 is 0 Å². The van der Waals surface area contributed by atoms with Crippen LogP contribution in [-0.4, -0.2) is 57.3 Å². The minimum Gasteiger partial charge on any atom is -0.493 e. The van der Waals surface area contributed by atoms with Crippen LogP contribution in [0.5, 0.6) is 11.5 Å². The molecule has 2 aromatic rings. The fourth-order valence-corrected chi connectivity index (χ4v) is 4.20. The molecule has 4 atom stereocenters. The van der Waals surface area contributed by atoms with Gasteiger partial charge >= 0.3 is 6.09 Å². The van der Waals surface area contributed by atoms with Crippen molar-refractivity contribution in [1.29, 1.82) is 0 Å². The summed E-state index contributed by atoms with van der Waals surface area (Å²) >= 11 is 0. The number of methoxy groups -OCH3 is 2. The standard InChI is InChI=1S/C26H34N4O6/c1-15(29-26(33)36-14-17-9-7-6-8-10-17)23-19-13-22(35-5)21(34-4)12-18(19)11-20(30-23)25(32)28-16(2)24(31)27-3/h6-10,12-13,15-16,20,23,30H,11,14H2,1-5H3,(H,27,31)(H,28,32)(H,29,33)/t15-,16-,20-,23-/m0/s1. The van der Waals surface area contributed by atoms with Crippen LogP contribution in [0.3, 0.4) is 0 Å². The number of hydrogen-bond donors (Lipinski definition) is 4. The third kappa shape index (κ3) is 6.45. The Kier molecular flexibility index (Phi) is 9.13. The van der Waals surface area contributed by atoms with Crippen LogP contribution in [0.15, 0.2) is 42.5 Å². The van der Waals surface area contributed by atoms with Gasteiger partial charge in [-0.15, -0.1) is 0 Å². The van der Waals surface area contributed by atoms with Crippen LogP contribution in [0.25, 0.3) is 0 Å². The molecule has 0 radical (unpaired) electrons. The highest BCUT2D eigenvalue weighted by Gasteiger charge is 2.36. The Labute approximate surface area is 211 Å². The maximum Gasteiger partial charge on any atom is 0.407 e. The van der Waals surface area contributed by atoms with Crippen LogP contribution >= 0.6 is 0 Å². The zero-order valence-corrected chi connectivity index (χ0v) is 21.2. The molecule has 2 aromatic carbocycles. The molecule has 10 nitrogen and oxygen atoms in total. The fraction of sp³-hybridized carbons (Fsp3) is 0.423. The van der Waals surface area contributed by atoms with Gasteiger partial charge in [-0.25, -0.2) is 4.79 Å². The van der Waals surface area contributed by atoms with Gasteiger partial charge in [0.15, 0.2) is 11.5 Å². The number of likely N-dealkylation sites (N-methyl/N-ethyl adjacent to an activating group) is 1. The number of carbonyl (C=O) groups is 3. The first-order valence-electron chi connectivity index (χ1n) is 11.8. The number of rotatable bonds is 9. The molecule has 0 bridgehead atoms. The van der Waals surface area contributed by atoms with Gasteiger partial charge in [-0.1, -0.05) is 30.3 Å². The summed E-state index contributed by atoms with van der Waals surface area (Å²) in [5.41, 5.74) is 2.61. The first-order valence-corrected chi connectivity index (χ1v) is 11.8. The van der Waals surface area contributed by atoms with Gasteiger partial charge < -0.3 is 30.2 Å². The Hall–Kier alpha value is -3.79. The highest BCUT2D eigenvalue weighted by atomic mass is 16.5. The molecule has 0 unspecified atom stereocenters. The fourth-order valence-electron chi connectivity index (χ4n) is 4.20. The molecule has 1 aliphatic rings. The Balaban J connectivity index is 1.80. The van der Waals surface area contributed by atoms with E-state index in [4.69, 9.17) is 14.2 Å². The largest absolute Gasteiger partial charge is 0.493 e. The maximum atomic E-state index is 13.0. The van der Waals surface area contributed by atoms with Crippen molar-refractivity contribution >= 4 is 17.9 Å². The zero-order valence-electron chi connectivity index (χ0n) is 21.2. The van der Waals surface area contributed by atoms with E-state index in [0.29, 0.717) is 17.9 Å². The molecule has 0 saturated heterocycles. The predicted molar refractivity (Wildman–Crippen MR) is 134 cm³/mol. The summed E-state index contributed by atoms with van der Waals surface area (Å²) in [5.74, 6) is 0.463. The molecule has 1 heterocycles. The Morgan fingerprint density at radius 3 is 2.33 bits per heavy atom. The summed E-state index contributed by atoms with van der Waals surface area (Å²) in [5, 5.41) is 11.5. The van der Waals surface area contributed by atoms with Crippen LogP contribution in [0.1, 0.15) is 36.6 Å². The van der Waals surface area contributed by atoms with Crippen LogP contribution in [0.4, 0.5) is 4.79 Å². The van der Waals surface area contributed by atoms with Crippen molar-refractivity contribution in [2.24, 2.45) is 0 Å². The Morgan fingerprint density at radius 1 is 1.03 bits per heavy atom. The lowest BCUT2D eigenvalue weighted by molar-refractivity contribution is -0.129. The SMILES string of the molecule is CNC(=O)[C@H](C)NC(=O)[C@@H]1Cc2cc(OC)c(OC)cc2[C@H]([C@H](C)NC(=O)OCc2ccccc2)N1. The van der Waals surface area contributed by atoms with Crippen molar-refractivity contribution in [2.45, 2.75) is 51.0 Å². The van der Waals surface area contributed by atoms with Gasteiger partial charge in [0.05, 0.1) is 26.3 Å². The van der Waals surface area contributed by atoms with E-state index in [1.54, 1.807) is 21.1 Å². The zero-order chi connectivity index (χ0) is 26.2. The summed E-state index contributed by atoms with van der Waals surface area (Å²) < 4.78 is 16.3. The maximum absolute atomic E-state index is 13.0. The smallest absolute Gasteiger partial charge is 0.407 e. The number of alkyl carbamates (subject to hydrolysis) is 1. The van der Waals surface area contributed by atoms with Gasteiger partial charge in [0.2, 0.25) is 11.8 Å². The number of carbonyl (C=O) groups excluding carboxylic acids is 3. The molecule has 1 aliphatic heterocycles. The molecule has 0 spiro atoms. The number of fused-ring (bicyclic) bond motifs is 1. The molecule has 4 N–H and O–H groups in total. The number of nitrogens with one attached hydrogen (secondary N) is 4. The van der Waals surface area contributed by atoms with E-state index in [1.807, 2.05) is 49.4 Å². The first-order chi connectivity index (χ1) is 17.3. The summed E-state index contributed by atoms with van der Waals surface area (Å²) in [6.45, 7) is 3.59. The van der Waals surface area contributed by atoms with Crippen LogP contribution in [-0.2, 0) is 27.4 Å². The van der Waals surface area contributed by atoms with Crippen LogP contribution in [0, 0.1) is 0 Å². The van der Waals surface area contributed by atoms with Crippen LogP contribution in [0.2, 0.25) is 0 Å². The van der Waals surface area contributed by atoms with Gasteiger partial charge in [-0.05, 0) is 49.1 Å². The lowest BCUT2D eigenvalue weighted by atomic mass is 9.86. The molecule has 0 aromatic heterocycles. The molecule has 36 heavy (non-hydrogen) atoms. The van der Waals surface area contributed by atoms with Gasteiger partial charge in [0, 0.05) is 13.1 Å². The van der Waals surface area contributed by atoms with E-state index in [0.717, 1.165) is 16.7 Å². The Morgan fingerprint density at radius 2 is 1.69 bits per heavy atom. The second-order valence-electron chi connectivity index (χ2n) is 8.65. The molecule has 10 heteroatoms. The monoisotopic (exact) mass is 498 g/mol. The minimum absolute atomic E-state index is 0.140. The average molecular weight is 499 g/mol. The minimum atomic E-state index is -0.696. The average Bonchev–Trinajstić information content (AvgIpc) is 2.90. The van der Waals surface area contributed by atoms with E-state index in [2.05, 4.69) is 21.3 Å². The van der Waals surface area contributed by atoms with Gasteiger partial charge in [0.1, 0.15) is 12.6 Å². The van der Waals surface area contributed by atoms with E-state index < -0.39 is 30.3 Å². The summed E-state index contributed by atoms with van der Waals surface area (Å²) in [7, 11) is 4.61. The normalized spacial score (nSPS) is 18.1. The second kappa shape index (κ2) is 12.3. The van der Waals surface area contributed by atoms with Crippen LogP contribution < -0.4 is 30.7 Å². The van der Waals surface area contributed by atoms with Gasteiger partial charge in [-0.3, -0.25) is 14.9 Å². The van der Waals surface area contributed by atoms with Crippen molar-refractivity contribution < 1.29 is 28.6 Å². The number of amides is 3. The second-order valence-corrected chi connectivity index (χ2v) is 8.65. The van der Waals surface area contributed by atoms with Gasteiger partial charge in [0.25, 0.3) is 0 Å². The summed E-state index contributed by atoms with van der Waals surface area (Å²) in [6, 6.07) is 10.8. The molecule has 3 amide bonds. The molecule has 0 fully saturated rings. The third-order valence-electron chi connectivity index (χ3n) is 6.16. The molecule has 0 saturated carbocycles. The number of benzene rings is 2.